The van der Waals surface area contributed by atoms with Crippen LogP contribution < -0.4 is 4.90 Å². The van der Waals surface area contributed by atoms with Crippen molar-refractivity contribution < 1.29 is 23.9 Å². The van der Waals surface area contributed by atoms with Gasteiger partial charge in [0.2, 0.25) is 0 Å². The molecule has 0 unspecified atom stereocenters. The smallest absolute Gasteiger partial charge is 0.326 e. The number of esters is 1. The van der Waals surface area contributed by atoms with E-state index in [1.54, 1.807) is 57.2 Å². The summed E-state index contributed by atoms with van der Waals surface area (Å²) in [6.45, 7) is 4.97. The predicted octanol–water partition coefficient (Wildman–Crippen LogP) is 2.97. The Morgan fingerprint density at radius 1 is 0.968 bits per heavy atom. The van der Waals surface area contributed by atoms with Crippen LogP contribution >= 0.6 is 0 Å². The topological polar surface area (TPSA) is 84.0 Å². The molecule has 2 aromatic carbocycles. The van der Waals surface area contributed by atoms with E-state index in [4.69, 9.17) is 4.74 Å². The first-order valence-electron chi connectivity index (χ1n) is 10.3. The number of carbonyl (C=O) groups is 4. The maximum Gasteiger partial charge on any atom is 0.326 e. The molecule has 3 amide bonds. The Labute approximate surface area is 180 Å². The number of rotatable bonds is 3. The molecule has 2 aliphatic rings. The number of anilines is 1. The summed E-state index contributed by atoms with van der Waals surface area (Å²) in [4.78, 5) is 54.5. The third-order valence-electron chi connectivity index (χ3n) is 5.37. The van der Waals surface area contributed by atoms with E-state index in [-0.39, 0.29) is 13.0 Å². The molecular formula is C24H24N2O5. The second kappa shape index (κ2) is 7.65. The van der Waals surface area contributed by atoms with Crippen molar-refractivity contribution in [3.63, 3.8) is 0 Å². The van der Waals surface area contributed by atoms with E-state index < -0.39 is 35.3 Å². The van der Waals surface area contributed by atoms with Gasteiger partial charge >= 0.3 is 5.97 Å². The molecule has 2 aromatic rings. The highest BCUT2D eigenvalue weighted by molar-refractivity contribution is 6.23. The van der Waals surface area contributed by atoms with Crippen LogP contribution in [-0.4, -0.2) is 46.8 Å². The van der Waals surface area contributed by atoms with Gasteiger partial charge in [-0.3, -0.25) is 29.0 Å². The van der Waals surface area contributed by atoms with Crippen molar-refractivity contribution in [1.82, 2.24) is 4.90 Å². The first-order chi connectivity index (χ1) is 14.7. The molecule has 2 aliphatic heterocycles. The van der Waals surface area contributed by atoms with Crippen LogP contribution in [-0.2, 0) is 20.7 Å². The Balaban J connectivity index is 1.69. The number of carbonyl (C=O) groups excluding carboxylic acids is 4. The Kier molecular flexibility index (Phi) is 5.13. The van der Waals surface area contributed by atoms with Gasteiger partial charge in [-0.15, -0.1) is 0 Å². The van der Waals surface area contributed by atoms with Crippen molar-refractivity contribution in [2.24, 2.45) is 0 Å². The van der Waals surface area contributed by atoms with Crippen LogP contribution in [0.5, 0.6) is 0 Å². The molecule has 7 nitrogen and oxygen atoms in total. The second-order valence-electron chi connectivity index (χ2n) is 8.72. The van der Waals surface area contributed by atoms with E-state index in [1.807, 2.05) is 12.1 Å². The SMILES string of the molecule is CC(C)(C)OC(=O)CN1C(=O)[C@@H](N2C(=O)c3ccccc3C2=O)CCc2ccccc21. The third-order valence-corrected chi connectivity index (χ3v) is 5.37. The maximum atomic E-state index is 13.6. The molecule has 0 aliphatic carbocycles. The average Bonchev–Trinajstić information content (AvgIpc) is 2.88. The minimum absolute atomic E-state index is 0.284. The van der Waals surface area contributed by atoms with Gasteiger partial charge in [-0.05, 0) is 57.4 Å². The van der Waals surface area contributed by atoms with E-state index >= 15 is 0 Å². The van der Waals surface area contributed by atoms with Crippen molar-refractivity contribution in [3.8, 4) is 0 Å². The molecule has 7 heteroatoms. The predicted molar refractivity (Wildman–Crippen MR) is 114 cm³/mol. The fourth-order valence-electron chi connectivity index (χ4n) is 4.10. The number of para-hydroxylation sites is 1. The molecule has 0 radical (unpaired) electrons. The maximum absolute atomic E-state index is 13.6. The van der Waals surface area contributed by atoms with Crippen LogP contribution in [0.4, 0.5) is 5.69 Å². The average molecular weight is 420 g/mol. The van der Waals surface area contributed by atoms with E-state index in [9.17, 15) is 19.2 Å². The summed E-state index contributed by atoms with van der Waals surface area (Å²) in [5, 5.41) is 0. The molecule has 0 saturated heterocycles. The fraction of sp³-hybridized carbons (Fsp3) is 0.333. The van der Waals surface area contributed by atoms with Crippen LogP contribution in [0.15, 0.2) is 48.5 Å². The van der Waals surface area contributed by atoms with Crippen molar-refractivity contribution in [3.05, 3.63) is 65.2 Å². The quantitative estimate of drug-likeness (QED) is 0.563. The van der Waals surface area contributed by atoms with E-state index in [1.165, 1.54) is 4.90 Å². The summed E-state index contributed by atoms with van der Waals surface area (Å²) in [5.74, 6) is -1.99. The summed E-state index contributed by atoms with van der Waals surface area (Å²) in [6.07, 6.45) is 0.775. The molecule has 31 heavy (non-hydrogen) atoms. The van der Waals surface area contributed by atoms with Crippen LogP contribution in [0.1, 0.15) is 53.5 Å². The van der Waals surface area contributed by atoms with Gasteiger partial charge in [0.1, 0.15) is 18.2 Å². The normalized spacial score (nSPS) is 18.5. The van der Waals surface area contributed by atoms with Crippen molar-refractivity contribution >= 4 is 29.4 Å². The molecule has 0 fully saturated rings. The van der Waals surface area contributed by atoms with Gasteiger partial charge in [0.25, 0.3) is 17.7 Å². The lowest BCUT2D eigenvalue weighted by Gasteiger charge is -2.30. The summed E-state index contributed by atoms with van der Waals surface area (Å²) in [7, 11) is 0. The lowest BCUT2D eigenvalue weighted by atomic mass is 10.1. The molecular weight excluding hydrogens is 396 g/mol. The second-order valence-corrected chi connectivity index (χ2v) is 8.72. The molecule has 0 spiro atoms. The van der Waals surface area contributed by atoms with E-state index in [0.717, 1.165) is 10.5 Å². The first kappa shape index (κ1) is 20.8. The Hall–Kier alpha value is -3.48. The number of imide groups is 1. The van der Waals surface area contributed by atoms with Crippen LogP contribution in [0.25, 0.3) is 0 Å². The summed E-state index contributed by atoms with van der Waals surface area (Å²) >= 11 is 0. The number of benzene rings is 2. The highest BCUT2D eigenvalue weighted by Gasteiger charge is 2.45. The standard InChI is InChI=1S/C24H24N2O5/c1-24(2,3)31-20(27)14-25-18-11-7-4-8-15(18)12-13-19(23(25)30)26-21(28)16-9-5-6-10-17(16)22(26)29/h4-11,19H,12-14H2,1-3H3/t19-/m0/s1. The lowest BCUT2D eigenvalue weighted by Crippen LogP contribution is -2.52. The van der Waals surface area contributed by atoms with Crippen molar-refractivity contribution in [2.75, 3.05) is 11.4 Å². The number of fused-ring (bicyclic) bond motifs is 2. The van der Waals surface area contributed by atoms with Crippen LogP contribution in [0.3, 0.4) is 0 Å². The minimum Gasteiger partial charge on any atom is -0.459 e. The number of nitrogens with zero attached hydrogens (tertiary/aromatic N) is 2. The molecule has 1 atom stereocenters. The van der Waals surface area contributed by atoms with Gasteiger partial charge in [-0.25, -0.2) is 0 Å². The van der Waals surface area contributed by atoms with E-state index in [0.29, 0.717) is 23.2 Å². The zero-order valence-corrected chi connectivity index (χ0v) is 17.8. The summed E-state index contributed by atoms with van der Waals surface area (Å²) in [5.41, 5.74) is 1.35. The molecule has 160 valence electrons. The van der Waals surface area contributed by atoms with Gasteiger partial charge in [-0.1, -0.05) is 30.3 Å². The van der Waals surface area contributed by atoms with E-state index in [2.05, 4.69) is 0 Å². The molecule has 0 aromatic heterocycles. The Bertz CT molecular complexity index is 1050. The van der Waals surface area contributed by atoms with Crippen molar-refractivity contribution in [2.45, 2.75) is 45.3 Å². The van der Waals surface area contributed by atoms with Gasteiger partial charge in [0.05, 0.1) is 11.1 Å². The zero-order valence-electron chi connectivity index (χ0n) is 17.8. The summed E-state index contributed by atoms with van der Waals surface area (Å²) < 4.78 is 5.42. The number of ether oxygens (including phenoxy) is 1. The molecule has 0 N–H and O–H groups in total. The van der Waals surface area contributed by atoms with Gasteiger partial charge < -0.3 is 4.74 Å². The molecule has 2 heterocycles. The molecule has 0 saturated carbocycles. The molecule has 0 bridgehead atoms. The van der Waals surface area contributed by atoms with Gasteiger partial charge in [0.15, 0.2) is 0 Å². The highest BCUT2D eigenvalue weighted by atomic mass is 16.6. The van der Waals surface area contributed by atoms with Crippen molar-refractivity contribution in [1.29, 1.82) is 0 Å². The lowest BCUT2D eigenvalue weighted by molar-refractivity contribution is -0.153. The van der Waals surface area contributed by atoms with Crippen LogP contribution in [0, 0.1) is 0 Å². The molecule has 4 rings (SSSR count). The third kappa shape index (κ3) is 3.83. The Morgan fingerprint density at radius 3 is 2.16 bits per heavy atom. The minimum atomic E-state index is -0.998. The monoisotopic (exact) mass is 420 g/mol. The summed E-state index contributed by atoms with van der Waals surface area (Å²) in [6, 6.07) is 12.8. The number of amides is 3. The largest absolute Gasteiger partial charge is 0.459 e. The fourth-order valence-corrected chi connectivity index (χ4v) is 4.10. The number of hydrogen-bond donors (Lipinski definition) is 0. The van der Waals surface area contributed by atoms with Crippen LogP contribution in [0.2, 0.25) is 0 Å². The number of hydrogen-bond acceptors (Lipinski definition) is 5. The zero-order chi connectivity index (χ0) is 22.3. The Morgan fingerprint density at radius 2 is 1.55 bits per heavy atom. The van der Waals surface area contributed by atoms with Gasteiger partial charge in [0, 0.05) is 5.69 Å². The van der Waals surface area contributed by atoms with Gasteiger partial charge in [-0.2, -0.15) is 0 Å². The highest BCUT2D eigenvalue weighted by Crippen LogP contribution is 2.32. The first-order valence-corrected chi connectivity index (χ1v) is 10.3. The number of aryl methyl sites for hydroxylation is 1.